The first-order valence-corrected chi connectivity index (χ1v) is 10.5. The maximum atomic E-state index is 5.98. The molecule has 4 rings (SSSR count). The molecule has 29 heavy (non-hydrogen) atoms. The largest absolute Gasteiger partial charge is 0.465 e. The Bertz CT molecular complexity index is 823. The van der Waals surface area contributed by atoms with E-state index < -0.39 is 0 Å². The van der Waals surface area contributed by atoms with E-state index in [4.69, 9.17) is 9.15 Å². The first-order chi connectivity index (χ1) is 14.1. The number of nitrogens with one attached hydrogen (secondary N) is 1. The quantitative estimate of drug-likeness (QED) is 0.612. The predicted molar refractivity (Wildman–Crippen MR) is 112 cm³/mol. The molecule has 158 valence electrons. The van der Waals surface area contributed by atoms with Crippen molar-refractivity contribution in [3.63, 3.8) is 0 Å². The van der Waals surface area contributed by atoms with Crippen molar-refractivity contribution >= 4 is 5.96 Å². The first-order valence-electron chi connectivity index (χ1n) is 10.5. The summed E-state index contributed by atoms with van der Waals surface area (Å²) < 4.78 is 13.8. The molecule has 0 bridgehead atoms. The summed E-state index contributed by atoms with van der Waals surface area (Å²) >= 11 is 0. The van der Waals surface area contributed by atoms with Gasteiger partial charge in [-0.25, -0.2) is 0 Å². The summed E-state index contributed by atoms with van der Waals surface area (Å²) in [5.41, 5.74) is 1.11. The third-order valence-corrected chi connectivity index (χ3v) is 5.80. The van der Waals surface area contributed by atoms with Crippen molar-refractivity contribution in [2.24, 2.45) is 12.0 Å². The number of guanidine groups is 1. The average Bonchev–Trinajstić information content (AvgIpc) is 3.48. The van der Waals surface area contributed by atoms with Crippen molar-refractivity contribution < 1.29 is 9.15 Å². The Hall–Kier alpha value is -2.32. The number of hydrogen-bond acceptors (Lipinski definition) is 5. The number of aryl methyl sites for hydroxylation is 2. The lowest BCUT2D eigenvalue weighted by molar-refractivity contribution is -0.00815. The maximum Gasteiger partial charge on any atom is 0.193 e. The number of ether oxygens (including phenoxy) is 1. The zero-order valence-electron chi connectivity index (χ0n) is 17.7. The van der Waals surface area contributed by atoms with Gasteiger partial charge in [0.1, 0.15) is 17.6 Å². The van der Waals surface area contributed by atoms with E-state index in [9.17, 15) is 0 Å². The van der Waals surface area contributed by atoms with Gasteiger partial charge in [-0.1, -0.05) is 0 Å². The lowest BCUT2D eigenvalue weighted by Crippen LogP contribution is -2.49. The Kier molecular flexibility index (Phi) is 6.20. The minimum atomic E-state index is 0.0121. The Morgan fingerprint density at radius 3 is 2.79 bits per heavy atom. The van der Waals surface area contributed by atoms with Crippen LogP contribution >= 0.6 is 0 Å². The van der Waals surface area contributed by atoms with Gasteiger partial charge in [0, 0.05) is 38.9 Å². The molecule has 2 aliphatic heterocycles. The molecule has 2 aromatic heterocycles. The molecular formula is C21H32N6O2. The molecule has 0 saturated carbocycles. The molecule has 0 spiro atoms. The molecule has 2 atom stereocenters. The van der Waals surface area contributed by atoms with E-state index in [-0.39, 0.29) is 12.1 Å². The van der Waals surface area contributed by atoms with Gasteiger partial charge in [0.25, 0.3) is 0 Å². The van der Waals surface area contributed by atoms with Gasteiger partial charge < -0.3 is 19.4 Å². The van der Waals surface area contributed by atoms with Gasteiger partial charge in [-0.05, 0) is 45.0 Å². The van der Waals surface area contributed by atoms with Crippen molar-refractivity contribution in [2.45, 2.75) is 31.9 Å². The van der Waals surface area contributed by atoms with E-state index in [0.29, 0.717) is 6.61 Å². The van der Waals surface area contributed by atoms with Gasteiger partial charge in [0.2, 0.25) is 0 Å². The molecule has 0 aliphatic carbocycles. The fraction of sp³-hybridized carbons (Fsp3) is 0.619. The number of nitrogens with zero attached hydrogens (tertiary/aromatic N) is 5. The van der Waals surface area contributed by atoms with Crippen LogP contribution in [0.5, 0.6) is 0 Å². The van der Waals surface area contributed by atoms with E-state index in [2.05, 4.69) is 31.3 Å². The number of aliphatic imine (C=N–C) groups is 1. The summed E-state index contributed by atoms with van der Waals surface area (Å²) in [4.78, 5) is 9.33. The summed E-state index contributed by atoms with van der Waals surface area (Å²) in [5.74, 6) is 2.90. The van der Waals surface area contributed by atoms with Crippen LogP contribution in [0.4, 0.5) is 0 Å². The molecule has 0 aromatic carbocycles. The monoisotopic (exact) mass is 400 g/mol. The molecule has 2 fully saturated rings. The topological polar surface area (TPSA) is 71.1 Å². The Morgan fingerprint density at radius 2 is 2.14 bits per heavy atom. The summed E-state index contributed by atoms with van der Waals surface area (Å²) in [6.45, 7) is 7.27. The molecule has 0 amide bonds. The lowest BCUT2D eigenvalue weighted by Gasteiger charge is -2.35. The van der Waals surface area contributed by atoms with E-state index in [1.54, 1.807) is 0 Å². The second-order valence-corrected chi connectivity index (χ2v) is 7.89. The van der Waals surface area contributed by atoms with Crippen LogP contribution in [0, 0.1) is 6.92 Å². The van der Waals surface area contributed by atoms with E-state index in [1.165, 1.54) is 12.8 Å². The number of hydrogen-bond donors (Lipinski definition) is 1. The van der Waals surface area contributed by atoms with Crippen LogP contribution in [-0.2, 0) is 11.8 Å². The first kappa shape index (κ1) is 20.0. The fourth-order valence-corrected chi connectivity index (χ4v) is 4.27. The molecular weight excluding hydrogens is 368 g/mol. The predicted octanol–water partition coefficient (Wildman–Crippen LogP) is 2.11. The van der Waals surface area contributed by atoms with Crippen LogP contribution in [0.3, 0.4) is 0 Å². The number of likely N-dealkylation sites (tertiary alicyclic amines) is 1. The zero-order valence-corrected chi connectivity index (χ0v) is 17.7. The van der Waals surface area contributed by atoms with Crippen LogP contribution in [-0.4, -0.2) is 71.9 Å². The van der Waals surface area contributed by atoms with Crippen molar-refractivity contribution in [1.82, 2.24) is 24.9 Å². The van der Waals surface area contributed by atoms with Crippen molar-refractivity contribution in [3.8, 4) is 0 Å². The molecule has 8 heteroatoms. The molecule has 8 nitrogen and oxygen atoms in total. The van der Waals surface area contributed by atoms with E-state index >= 15 is 0 Å². The second kappa shape index (κ2) is 9.00. The third kappa shape index (κ3) is 4.64. The maximum absolute atomic E-state index is 5.98. The second-order valence-electron chi connectivity index (χ2n) is 7.89. The summed E-state index contributed by atoms with van der Waals surface area (Å²) in [6.07, 6.45) is 6.42. The van der Waals surface area contributed by atoms with Gasteiger partial charge in [-0.3, -0.25) is 14.6 Å². The highest BCUT2D eigenvalue weighted by Gasteiger charge is 2.28. The molecule has 2 unspecified atom stereocenters. The van der Waals surface area contributed by atoms with Crippen molar-refractivity contribution in [2.75, 3.05) is 46.4 Å². The minimum absolute atomic E-state index is 0.0121. The number of furan rings is 1. The third-order valence-electron chi connectivity index (χ3n) is 5.80. The Labute approximate surface area is 172 Å². The smallest absolute Gasteiger partial charge is 0.193 e. The van der Waals surface area contributed by atoms with Gasteiger partial charge >= 0.3 is 0 Å². The zero-order chi connectivity index (χ0) is 20.2. The molecule has 2 saturated heterocycles. The average molecular weight is 401 g/mol. The standard InChI is InChI=1S/C21H32N6O2/c1-16-6-7-19(29-16)18(26-8-4-5-9-26)13-23-21(22-2)27-10-11-28-20(15-27)17-12-24-25(3)14-17/h6-7,12,14,18,20H,4-5,8-11,13,15H2,1-3H3,(H,22,23). The van der Waals surface area contributed by atoms with Crippen LogP contribution in [0.25, 0.3) is 0 Å². The molecule has 0 radical (unpaired) electrons. The highest BCUT2D eigenvalue weighted by Crippen LogP contribution is 2.26. The number of rotatable bonds is 5. The van der Waals surface area contributed by atoms with Gasteiger partial charge in [-0.15, -0.1) is 0 Å². The normalized spacial score (nSPS) is 22.2. The van der Waals surface area contributed by atoms with E-state index in [0.717, 1.165) is 55.8 Å². The van der Waals surface area contributed by atoms with Crippen LogP contribution in [0.15, 0.2) is 33.9 Å². The highest BCUT2D eigenvalue weighted by molar-refractivity contribution is 5.80. The SMILES string of the molecule is CN=C(NCC(c1ccc(C)o1)N1CCCC1)N1CCOC(c2cnn(C)c2)C1. The Morgan fingerprint density at radius 1 is 1.31 bits per heavy atom. The summed E-state index contributed by atoms with van der Waals surface area (Å²) in [6, 6.07) is 4.38. The van der Waals surface area contributed by atoms with Crippen LogP contribution < -0.4 is 5.32 Å². The van der Waals surface area contributed by atoms with Crippen molar-refractivity contribution in [3.05, 3.63) is 41.6 Å². The van der Waals surface area contributed by atoms with Gasteiger partial charge in [0.05, 0.1) is 25.4 Å². The summed E-state index contributed by atoms with van der Waals surface area (Å²) in [7, 11) is 3.78. The lowest BCUT2D eigenvalue weighted by atomic mass is 10.1. The summed E-state index contributed by atoms with van der Waals surface area (Å²) in [5, 5.41) is 7.88. The minimum Gasteiger partial charge on any atom is -0.465 e. The van der Waals surface area contributed by atoms with E-state index in [1.807, 2.05) is 44.2 Å². The molecule has 2 aromatic rings. The van der Waals surface area contributed by atoms with Gasteiger partial charge in [0.15, 0.2) is 5.96 Å². The van der Waals surface area contributed by atoms with Crippen molar-refractivity contribution in [1.29, 1.82) is 0 Å². The molecule has 2 aliphatic rings. The number of aromatic nitrogens is 2. The fourth-order valence-electron chi connectivity index (χ4n) is 4.27. The number of morpholine rings is 1. The van der Waals surface area contributed by atoms with Crippen LogP contribution in [0.2, 0.25) is 0 Å². The molecule has 1 N–H and O–H groups in total. The highest BCUT2D eigenvalue weighted by atomic mass is 16.5. The van der Waals surface area contributed by atoms with Gasteiger partial charge in [-0.2, -0.15) is 5.10 Å². The van der Waals surface area contributed by atoms with Crippen LogP contribution in [0.1, 0.15) is 42.1 Å². The molecule has 4 heterocycles. The Balaban J connectivity index is 1.42.